The van der Waals surface area contributed by atoms with Crippen molar-refractivity contribution in [2.24, 2.45) is 0 Å². The maximum Gasteiger partial charge on any atom is 0.306 e. The fraction of sp³-hybridized carbons (Fsp3) is 0.708. The van der Waals surface area contributed by atoms with Gasteiger partial charge in [-0.15, -0.1) is 0 Å². The highest BCUT2D eigenvalue weighted by Gasteiger charge is 2.19. The third-order valence-electron chi connectivity index (χ3n) is 12.6. The van der Waals surface area contributed by atoms with E-state index in [0.717, 1.165) is 116 Å². The van der Waals surface area contributed by atoms with E-state index in [1.54, 1.807) is 0 Å². The number of esters is 3. The monoisotopic (exact) mass is 987 g/mol. The average molecular weight is 988 g/mol. The van der Waals surface area contributed by atoms with Crippen LogP contribution in [-0.4, -0.2) is 37.2 Å². The van der Waals surface area contributed by atoms with Gasteiger partial charge in [-0.1, -0.05) is 253 Å². The van der Waals surface area contributed by atoms with E-state index in [9.17, 15) is 14.4 Å². The first-order chi connectivity index (χ1) is 35.0. The molecule has 0 saturated heterocycles. The van der Waals surface area contributed by atoms with Crippen molar-refractivity contribution in [1.29, 1.82) is 0 Å². The second-order valence-corrected chi connectivity index (χ2v) is 19.5. The molecule has 1 unspecified atom stereocenters. The third-order valence-corrected chi connectivity index (χ3v) is 12.6. The number of unbranched alkanes of at least 4 members (excludes halogenated alkanes) is 26. The second-order valence-electron chi connectivity index (χ2n) is 19.5. The van der Waals surface area contributed by atoms with Crippen molar-refractivity contribution in [1.82, 2.24) is 0 Å². The van der Waals surface area contributed by atoms with Gasteiger partial charge >= 0.3 is 17.9 Å². The number of hydrogen-bond donors (Lipinski definition) is 0. The molecule has 0 aromatic heterocycles. The average Bonchev–Trinajstić information content (AvgIpc) is 3.37. The van der Waals surface area contributed by atoms with Crippen LogP contribution < -0.4 is 0 Å². The van der Waals surface area contributed by atoms with E-state index < -0.39 is 6.10 Å². The Morgan fingerprint density at radius 3 is 0.887 bits per heavy atom. The summed E-state index contributed by atoms with van der Waals surface area (Å²) in [5.74, 6) is -0.901. The van der Waals surface area contributed by atoms with Gasteiger partial charge in [0.2, 0.25) is 0 Å². The highest BCUT2D eigenvalue weighted by atomic mass is 16.6. The van der Waals surface area contributed by atoms with Gasteiger partial charge in [0.05, 0.1) is 0 Å². The highest BCUT2D eigenvalue weighted by Crippen LogP contribution is 2.15. The van der Waals surface area contributed by atoms with Gasteiger partial charge < -0.3 is 14.2 Å². The Labute approximate surface area is 438 Å². The quantitative estimate of drug-likeness (QED) is 0.0261. The molecule has 0 rings (SSSR count). The lowest BCUT2D eigenvalue weighted by atomic mass is 10.0. The molecule has 0 amide bonds. The van der Waals surface area contributed by atoms with E-state index in [4.69, 9.17) is 14.2 Å². The molecule has 0 aliphatic rings. The Morgan fingerprint density at radius 1 is 0.296 bits per heavy atom. The van der Waals surface area contributed by atoms with Gasteiger partial charge in [0.25, 0.3) is 0 Å². The molecule has 0 aliphatic carbocycles. The molecule has 6 nitrogen and oxygen atoms in total. The summed E-state index contributed by atoms with van der Waals surface area (Å²) >= 11 is 0. The molecule has 0 aromatic carbocycles. The van der Waals surface area contributed by atoms with Crippen LogP contribution in [0, 0.1) is 0 Å². The minimum atomic E-state index is -0.783. The summed E-state index contributed by atoms with van der Waals surface area (Å²) < 4.78 is 16.8. The smallest absolute Gasteiger partial charge is 0.306 e. The molecule has 0 fully saturated rings. The topological polar surface area (TPSA) is 78.9 Å². The molecule has 0 spiro atoms. The van der Waals surface area contributed by atoms with Gasteiger partial charge in [-0.25, -0.2) is 0 Å². The van der Waals surface area contributed by atoms with Crippen molar-refractivity contribution in [3.05, 3.63) is 97.2 Å². The fourth-order valence-corrected chi connectivity index (χ4v) is 8.12. The number of hydrogen-bond acceptors (Lipinski definition) is 6. The first kappa shape index (κ1) is 67.3. The van der Waals surface area contributed by atoms with E-state index >= 15 is 0 Å². The van der Waals surface area contributed by atoms with Gasteiger partial charge in [0.1, 0.15) is 13.2 Å². The molecule has 0 aliphatic heterocycles. The van der Waals surface area contributed by atoms with Gasteiger partial charge in [-0.05, 0) is 103 Å². The summed E-state index contributed by atoms with van der Waals surface area (Å²) in [5, 5.41) is 0. The molecule has 6 heteroatoms. The van der Waals surface area contributed by atoms with Crippen molar-refractivity contribution < 1.29 is 28.6 Å². The van der Waals surface area contributed by atoms with E-state index in [0.29, 0.717) is 19.3 Å². The van der Waals surface area contributed by atoms with Crippen LogP contribution in [0.5, 0.6) is 0 Å². The molecule has 1 atom stereocenters. The van der Waals surface area contributed by atoms with Crippen molar-refractivity contribution in [2.45, 2.75) is 284 Å². The number of ether oxygens (including phenoxy) is 3. The highest BCUT2D eigenvalue weighted by molar-refractivity contribution is 5.71. The Balaban J connectivity index is 4.18. The molecule has 0 radical (unpaired) electrons. The van der Waals surface area contributed by atoms with E-state index in [1.807, 2.05) is 0 Å². The van der Waals surface area contributed by atoms with Crippen LogP contribution in [0.2, 0.25) is 0 Å². The van der Waals surface area contributed by atoms with Gasteiger partial charge in [0, 0.05) is 19.3 Å². The zero-order valence-electron chi connectivity index (χ0n) is 46.5. The maximum absolute atomic E-state index is 12.8. The predicted octanol–water partition coefficient (Wildman–Crippen LogP) is 20.1. The second kappa shape index (κ2) is 58.9. The van der Waals surface area contributed by atoms with Crippen molar-refractivity contribution in [2.75, 3.05) is 13.2 Å². The Bertz CT molecular complexity index is 1410. The van der Waals surface area contributed by atoms with Crippen molar-refractivity contribution in [3.8, 4) is 0 Å². The SMILES string of the molecule is CC/C=C\C/C=C\C/C=C\C/C=C\C/C=C\CCCCCCCCCCCCCC(=O)OCC(COC(=O)CCCCCCCCC)OC(=O)CCCCCCCC/C=C\C/C=C\C/C=C\CCCCC. The zero-order chi connectivity index (χ0) is 51.4. The lowest BCUT2D eigenvalue weighted by molar-refractivity contribution is -0.167. The van der Waals surface area contributed by atoms with Crippen LogP contribution in [0.4, 0.5) is 0 Å². The molecule has 0 bridgehead atoms. The molecule has 71 heavy (non-hydrogen) atoms. The van der Waals surface area contributed by atoms with E-state index in [2.05, 4.69) is 118 Å². The summed E-state index contributed by atoms with van der Waals surface area (Å²) in [5.41, 5.74) is 0. The summed E-state index contributed by atoms with van der Waals surface area (Å²) in [7, 11) is 0. The lowest BCUT2D eigenvalue weighted by Crippen LogP contribution is -2.30. The molecule has 0 saturated carbocycles. The standard InChI is InChI=1S/C65H110O6/c1-4-7-10-13-16-18-20-22-24-26-28-29-30-31-32-33-34-35-37-38-40-42-44-46-49-52-55-58-64(67)70-61-62(60-69-63(66)57-54-51-48-15-12-9-6-3)71-65(68)59-56-53-50-47-45-43-41-39-36-27-25-23-21-19-17-14-11-8-5-2/h7,10,16-19,22-25,28-29,31-32,36,39,62H,4-6,8-9,11-15,20-21,26-27,30,33-35,37-38,40-61H2,1-3H3/b10-7-,18-16-,19-17-,24-22-,25-23-,29-28-,32-31-,39-36-. The summed E-state index contributed by atoms with van der Waals surface area (Å²) in [4.78, 5) is 38.0. The lowest BCUT2D eigenvalue weighted by Gasteiger charge is -2.18. The third kappa shape index (κ3) is 57.1. The molecular formula is C65H110O6. The van der Waals surface area contributed by atoms with Crippen LogP contribution in [0.3, 0.4) is 0 Å². The van der Waals surface area contributed by atoms with Gasteiger partial charge in [0.15, 0.2) is 6.10 Å². The van der Waals surface area contributed by atoms with Crippen LogP contribution in [0.1, 0.15) is 278 Å². The molecule has 406 valence electrons. The van der Waals surface area contributed by atoms with Crippen molar-refractivity contribution >= 4 is 17.9 Å². The largest absolute Gasteiger partial charge is 0.462 e. The number of rotatable bonds is 53. The van der Waals surface area contributed by atoms with Crippen LogP contribution in [0.15, 0.2) is 97.2 Å². The number of carbonyl (C=O) groups is 3. The van der Waals surface area contributed by atoms with Gasteiger partial charge in [-0.2, -0.15) is 0 Å². The number of allylic oxidation sites excluding steroid dienone is 16. The molecule has 0 N–H and O–H groups in total. The van der Waals surface area contributed by atoms with E-state index in [-0.39, 0.29) is 31.1 Å². The zero-order valence-corrected chi connectivity index (χ0v) is 46.5. The predicted molar refractivity (Wildman–Crippen MR) is 307 cm³/mol. The van der Waals surface area contributed by atoms with Crippen LogP contribution in [-0.2, 0) is 28.6 Å². The van der Waals surface area contributed by atoms with Gasteiger partial charge in [-0.3, -0.25) is 14.4 Å². The molecular weight excluding hydrogens is 877 g/mol. The number of carbonyl (C=O) groups excluding carboxylic acids is 3. The first-order valence-corrected chi connectivity index (χ1v) is 29.7. The first-order valence-electron chi connectivity index (χ1n) is 29.7. The summed E-state index contributed by atoms with van der Waals surface area (Å²) in [6, 6.07) is 0. The maximum atomic E-state index is 12.8. The Hall–Kier alpha value is -3.67. The summed E-state index contributed by atoms with van der Waals surface area (Å²) in [6.07, 6.45) is 78.5. The van der Waals surface area contributed by atoms with Crippen LogP contribution >= 0.6 is 0 Å². The fourth-order valence-electron chi connectivity index (χ4n) is 8.12. The minimum Gasteiger partial charge on any atom is -0.462 e. The van der Waals surface area contributed by atoms with Crippen molar-refractivity contribution in [3.63, 3.8) is 0 Å². The van der Waals surface area contributed by atoms with Crippen LogP contribution in [0.25, 0.3) is 0 Å². The summed E-state index contributed by atoms with van der Waals surface area (Å²) in [6.45, 7) is 6.45. The normalized spacial score (nSPS) is 12.8. The molecule has 0 heterocycles. The Morgan fingerprint density at radius 2 is 0.549 bits per heavy atom. The minimum absolute atomic E-state index is 0.0826. The van der Waals surface area contributed by atoms with E-state index in [1.165, 1.54) is 122 Å². The molecule has 0 aromatic rings. The Kier molecular flexibility index (Phi) is 55.9.